The third-order valence-electron chi connectivity index (χ3n) is 3.00. The summed E-state index contributed by atoms with van der Waals surface area (Å²) < 4.78 is 1.06. The minimum Gasteiger partial charge on any atom is -0.393 e. The summed E-state index contributed by atoms with van der Waals surface area (Å²) in [4.78, 5) is 0. The van der Waals surface area contributed by atoms with Crippen LogP contribution in [-0.4, -0.2) is 15.6 Å². The van der Waals surface area contributed by atoms with Gasteiger partial charge in [0, 0.05) is 4.43 Å². The van der Waals surface area contributed by atoms with E-state index in [2.05, 4.69) is 36.1 Å². The summed E-state index contributed by atoms with van der Waals surface area (Å²) in [5.41, 5.74) is 0. The van der Waals surface area contributed by atoms with Gasteiger partial charge in [0.2, 0.25) is 0 Å². The lowest BCUT2D eigenvalue weighted by atomic mass is 9.99. The number of unbranched alkanes of at least 4 members (excludes halogenated alkanes) is 5. The molecule has 1 N–H and O–H groups in total. The second kappa shape index (κ2) is 11.9. The topological polar surface area (TPSA) is 20.2 Å². The van der Waals surface area contributed by atoms with Crippen LogP contribution in [0.15, 0.2) is 12.7 Å². The summed E-state index contributed by atoms with van der Waals surface area (Å²) in [7, 11) is 0. The maximum atomic E-state index is 9.83. The van der Waals surface area contributed by atoms with Crippen molar-refractivity contribution in [1.29, 1.82) is 0 Å². The number of hydrogen-bond donors (Lipinski definition) is 1. The van der Waals surface area contributed by atoms with Gasteiger partial charge in [0.1, 0.15) is 0 Å². The second-order valence-corrected chi connectivity index (χ2v) is 5.48. The third-order valence-corrected chi connectivity index (χ3v) is 4.13. The molecule has 96 valence electrons. The molecule has 0 bridgehead atoms. The van der Waals surface area contributed by atoms with Crippen LogP contribution in [0.25, 0.3) is 0 Å². The molecular formula is C14H27IO. The molecule has 0 aliphatic heterocycles. The van der Waals surface area contributed by atoms with Crippen molar-refractivity contribution in [3.8, 4) is 0 Å². The first-order valence-electron chi connectivity index (χ1n) is 6.61. The Labute approximate surface area is 115 Å². The Balaban J connectivity index is 3.35. The highest BCUT2D eigenvalue weighted by Gasteiger charge is 2.10. The van der Waals surface area contributed by atoms with Gasteiger partial charge in [0.15, 0.2) is 0 Å². The Bertz CT molecular complexity index is 159. The molecule has 2 unspecified atom stereocenters. The molecule has 0 rings (SSSR count). The smallest absolute Gasteiger partial charge is 0.0546 e. The molecule has 2 atom stereocenters. The molecule has 0 aromatic heterocycles. The van der Waals surface area contributed by atoms with Crippen molar-refractivity contribution in [2.24, 2.45) is 5.92 Å². The minimum absolute atomic E-state index is 0.121. The maximum absolute atomic E-state index is 9.83. The SMILES string of the molecule is C=CC(CI)CC(O)CCCCCCCC. The average Bonchev–Trinajstić information content (AvgIpc) is 2.30. The maximum Gasteiger partial charge on any atom is 0.0546 e. The molecule has 0 saturated heterocycles. The molecule has 0 aliphatic carbocycles. The van der Waals surface area contributed by atoms with Crippen LogP contribution < -0.4 is 0 Å². The van der Waals surface area contributed by atoms with Crippen LogP contribution in [0.4, 0.5) is 0 Å². The van der Waals surface area contributed by atoms with Crippen molar-refractivity contribution in [2.45, 2.75) is 64.4 Å². The van der Waals surface area contributed by atoms with Gasteiger partial charge < -0.3 is 5.11 Å². The van der Waals surface area contributed by atoms with E-state index >= 15 is 0 Å². The Morgan fingerprint density at radius 3 is 2.38 bits per heavy atom. The molecule has 0 amide bonds. The number of halogens is 1. The summed E-state index contributed by atoms with van der Waals surface area (Å²) in [5.74, 6) is 0.482. The molecule has 0 aromatic carbocycles. The Morgan fingerprint density at radius 1 is 1.19 bits per heavy atom. The lowest BCUT2D eigenvalue weighted by Gasteiger charge is -2.14. The Morgan fingerprint density at radius 2 is 1.81 bits per heavy atom. The van der Waals surface area contributed by atoms with Crippen LogP contribution in [0.3, 0.4) is 0 Å². The van der Waals surface area contributed by atoms with E-state index in [0.29, 0.717) is 5.92 Å². The lowest BCUT2D eigenvalue weighted by molar-refractivity contribution is 0.141. The number of hydrogen-bond acceptors (Lipinski definition) is 1. The van der Waals surface area contributed by atoms with E-state index in [9.17, 15) is 5.11 Å². The quantitative estimate of drug-likeness (QED) is 0.250. The molecule has 1 nitrogen and oxygen atoms in total. The third kappa shape index (κ3) is 9.64. The van der Waals surface area contributed by atoms with Crippen molar-refractivity contribution in [1.82, 2.24) is 0 Å². The highest BCUT2D eigenvalue weighted by molar-refractivity contribution is 14.1. The Hall–Kier alpha value is 0.430. The zero-order valence-corrected chi connectivity index (χ0v) is 12.8. The predicted octanol–water partition coefficient (Wildman–Crippen LogP) is 4.73. The van der Waals surface area contributed by atoms with E-state index in [1.165, 1.54) is 38.5 Å². The largest absolute Gasteiger partial charge is 0.393 e. The molecule has 0 heterocycles. The first-order chi connectivity index (χ1) is 7.74. The first kappa shape index (κ1) is 16.4. The van der Waals surface area contributed by atoms with Crippen LogP contribution in [0, 0.1) is 5.92 Å². The van der Waals surface area contributed by atoms with E-state index in [-0.39, 0.29) is 6.10 Å². The summed E-state index contributed by atoms with van der Waals surface area (Å²) in [6, 6.07) is 0. The fourth-order valence-corrected chi connectivity index (χ4v) is 2.57. The van der Waals surface area contributed by atoms with E-state index in [1.54, 1.807) is 0 Å². The molecule has 0 fully saturated rings. The van der Waals surface area contributed by atoms with Crippen LogP contribution in [0.2, 0.25) is 0 Å². The number of alkyl halides is 1. The summed E-state index contributed by atoms with van der Waals surface area (Å²) >= 11 is 2.36. The van der Waals surface area contributed by atoms with Crippen molar-refractivity contribution in [3.05, 3.63) is 12.7 Å². The van der Waals surface area contributed by atoms with Crippen LogP contribution in [-0.2, 0) is 0 Å². The first-order valence-corrected chi connectivity index (χ1v) is 8.13. The van der Waals surface area contributed by atoms with Crippen molar-refractivity contribution < 1.29 is 5.11 Å². The van der Waals surface area contributed by atoms with Crippen LogP contribution in [0.1, 0.15) is 58.3 Å². The predicted molar refractivity (Wildman–Crippen MR) is 81.2 cm³/mol. The summed E-state index contributed by atoms with van der Waals surface area (Å²) in [5, 5.41) is 9.83. The van der Waals surface area contributed by atoms with Gasteiger partial charge in [-0.3, -0.25) is 0 Å². The lowest BCUT2D eigenvalue weighted by Crippen LogP contribution is -2.13. The molecule has 16 heavy (non-hydrogen) atoms. The highest BCUT2D eigenvalue weighted by Crippen LogP contribution is 2.16. The Kier molecular flexibility index (Phi) is 12.2. The fraction of sp³-hybridized carbons (Fsp3) is 0.857. The van der Waals surface area contributed by atoms with Gasteiger partial charge in [-0.2, -0.15) is 0 Å². The molecule has 0 spiro atoms. The van der Waals surface area contributed by atoms with Gasteiger partial charge in [-0.05, 0) is 18.8 Å². The van der Waals surface area contributed by atoms with Crippen molar-refractivity contribution >= 4 is 22.6 Å². The van der Waals surface area contributed by atoms with Gasteiger partial charge in [0.25, 0.3) is 0 Å². The molecule has 0 radical (unpaired) electrons. The molecule has 0 aliphatic rings. The summed E-state index contributed by atoms with van der Waals surface area (Å²) in [6.45, 7) is 6.04. The van der Waals surface area contributed by atoms with Gasteiger partial charge in [-0.1, -0.05) is 74.1 Å². The fourth-order valence-electron chi connectivity index (χ4n) is 1.85. The van der Waals surface area contributed by atoms with Gasteiger partial charge in [-0.15, -0.1) is 6.58 Å². The van der Waals surface area contributed by atoms with Crippen LogP contribution >= 0.6 is 22.6 Å². The number of aliphatic hydroxyl groups is 1. The van der Waals surface area contributed by atoms with E-state index < -0.39 is 0 Å². The summed E-state index contributed by atoms with van der Waals surface area (Å²) in [6.07, 6.45) is 11.5. The zero-order valence-electron chi connectivity index (χ0n) is 10.6. The van der Waals surface area contributed by atoms with Gasteiger partial charge in [-0.25, -0.2) is 0 Å². The monoisotopic (exact) mass is 338 g/mol. The van der Waals surface area contributed by atoms with Gasteiger partial charge >= 0.3 is 0 Å². The number of rotatable bonds is 11. The second-order valence-electron chi connectivity index (χ2n) is 4.60. The van der Waals surface area contributed by atoms with Gasteiger partial charge in [0.05, 0.1) is 6.10 Å². The minimum atomic E-state index is -0.121. The van der Waals surface area contributed by atoms with E-state index in [0.717, 1.165) is 17.3 Å². The average molecular weight is 338 g/mol. The van der Waals surface area contributed by atoms with Crippen molar-refractivity contribution in [2.75, 3.05) is 4.43 Å². The standard InChI is InChI=1S/C14H27IO/c1-3-5-6-7-8-9-10-14(16)11-13(4-2)12-15/h4,13-14,16H,2-3,5-12H2,1H3. The zero-order chi connectivity index (χ0) is 12.2. The van der Waals surface area contributed by atoms with E-state index in [4.69, 9.17) is 0 Å². The number of allylic oxidation sites excluding steroid dienone is 1. The molecule has 0 aromatic rings. The normalized spacial score (nSPS) is 14.7. The molecule has 2 heteroatoms. The van der Waals surface area contributed by atoms with Crippen molar-refractivity contribution in [3.63, 3.8) is 0 Å². The molecule has 0 saturated carbocycles. The molecular weight excluding hydrogens is 311 g/mol. The highest BCUT2D eigenvalue weighted by atomic mass is 127. The van der Waals surface area contributed by atoms with E-state index in [1.807, 2.05) is 6.08 Å². The van der Waals surface area contributed by atoms with Crippen LogP contribution in [0.5, 0.6) is 0 Å². The number of aliphatic hydroxyl groups excluding tert-OH is 1.